The molecule has 2 aromatic rings. The van der Waals surface area contributed by atoms with E-state index in [-0.39, 0.29) is 23.2 Å². The molecule has 3 aliphatic rings. The lowest BCUT2D eigenvalue weighted by Crippen LogP contribution is -2.43. The molecule has 2 bridgehead atoms. The fourth-order valence-corrected chi connectivity index (χ4v) is 7.34. The van der Waals surface area contributed by atoms with Crippen molar-refractivity contribution in [3.05, 3.63) is 58.1 Å². The second-order valence-corrected chi connectivity index (χ2v) is 13.6. The van der Waals surface area contributed by atoms with Crippen LogP contribution in [0.3, 0.4) is 0 Å². The van der Waals surface area contributed by atoms with Crippen LogP contribution in [0, 0.1) is 17.8 Å². The predicted molar refractivity (Wildman–Crippen MR) is 157 cm³/mol. The fraction of sp³-hybridized carbons (Fsp3) is 0.581. The molecule has 39 heavy (non-hydrogen) atoms. The van der Waals surface area contributed by atoms with Crippen LogP contribution in [0.1, 0.15) is 80.3 Å². The number of ether oxygens (including phenoxy) is 1. The van der Waals surface area contributed by atoms with Gasteiger partial charge in [0, 0.05) is 23.7 Å². The SMILES string of the molecule is CC1CCCC(O)C2CCC2CN2Cc3ccc(Cl)cc3CCCCOc3ccc(cc32)C(=O)N=[S-](=O)C1C. The number of carbonyl (C=O) groups is 1. The van der Waals surface area contributed by atoms with Crippen LogP contribution >= 0.6 is 11.6 Å². The molecule has 5 atom stereocenters. The van der Waals surface area contributed by atoms with Crippen molar-refractivity contribution in [2.45, 2.75) is 83.1 Å². The molecular formula is C31H40ClN2O4S-. The van der Waals surface area contributed by atoms with E-state index < -0.39 is 16.5 Å². The van der Waals surface area contributed by atoms with Crippen molar-refractivity contribution in [2.75, 3.05) is 18.1 Å². The molecule has 1 saturated carbocycles. The highest BCUT2D eigenvalue weighted by Gasteiger charge is 2.37. The smallest absolute Gasteiger partial charge is 0.254 e. The first-order valence-corrected chi connectivity index (χ1v) is 16.0. The molecule has 8 heteroatoms. The van der Waals surface area contributed by atoms with Crippen molar-refractivity contribution >= 4 is 33.8 Å². The number of benzene rings is 2. The van der Waals surface area contributed by atoms with E-state index in [9.17, 15) is 14.1 Å². The number of amides is 1. The third-order valence-electron chi connectivity index (χ3n) is 9.05. The Morgan fingerprint density at radius 2 is 1.87 bits per heavy atom. The molecule has 2 aliphatic heterocycles. The van der Waals surface area contributed by atoms with Crippen LogP contribution in [-0.2, 0) is 27.8 Å². The van der Waals surface area contributed by atoms with Gasteiger partial charge in [-0.25, -0.2) is 0 Å². The summed E-state index contributed by atoms with van der Waals surface area (Å²) in [4.78, 5) is 15.5. The number of carbonyl (C=O) groups excluding carboxylic acids is 1. The molecule has 212 valence electrons. The van der Waals surface area contributed by atoms with E-state index in [0.717, 1.165) is 74.4 Å². The van der Waals surface area contributed by atoms with Crippen LogP contribution in [0.5, 0.6) is 5.75 Å². The van der Waals surface area contributed by atoms with Gasteiger partial charge in [0.25, 0.3) is 5.91 Å². The third kappa shape index (κ3) is 6.63. The Kier molecular flexibility index (Phi) is 9.20. The fourth-order valence-electron chi connectivity index (χ4n) is 6.18. The maximum atomic E-state index is 13.2. The summed E-state index contributed by atoms with van der Waals surface area (Å²) in [6, 6.07) is 11.6. The van der Waals surface area contributed by atoms with Gasteiger partial charge in [-0.2, -0.15) is 10.6 Å². The monoisotopic (exact) mass is 571 g/mol. The number of aryl methyl sites for hydroxylation is 1. The third-order valence-corrected chi connectivity index (χ3v) is 10.7. The highest BCUT2D eigenvalue weighted by molar-refractivity contribution is 7.75. The molecule has 1 aliphatic carbocycles. The van der Waals surface area contributed by atoms with E-state index in [0.29, 0.717) is 24.6 Å². The number of anilines is 1. The van der Waals surface area contributed by atoms with E-state index in [4.69, 9.17) is 16.3 Å². The standard InChI is InChI=1S/C31H40ClN2O4S/c1-20-6-5-8-29(35)27-13-10-25(27)19-34-18-24-9-12-26(32)16-22(24)7-3-4-15-38-30-14-11-23(17-28(30)34)31(36)33-39(37)21(20)2/h9,11-12,14,16-17,20-21,25,27,29,35H,3-8,10,13,15,18-19H2,1-2H3/q-1. The van der Waals surface area contributed by atoms with Crippen molar-refractivity contribution in [1.82, 2.24) is 0 Å². The van der Waals surface area contributed by atoms with Crippen molar-refractivity contribution < 1.29 is 18.8 Å². The minimum Gasteiger partial charge on any atom is -0.491 e. The van der Waals surface area contributed by atoms with E-state index in [1.165, 1.54) is 11.1 Å². The number of hydrogen-bond acceptors (Lipinski definition) is 6. The van der Waals surface area contributed by atoms with Crippen molar-refractivity contribution in [3.63, 3.8) is 0 Å². The Hall–Kier alpha value is -2.09. The molecule has 0 spiro atoms. The maximum absolute atomic E-state index is 13.2. The number of aliphatic hydroxyl groups excluding tert-OH is 1. The summed E-state index contributed by atoms with van der Waals surface area (Å²) in [5.74, 6) is 1.04. The molecule has 1 amide bonds. The van der Waals surface area contributed by atoms with Crippen LogP contribution in [0.25, 0.3) is 0 Å². The van der Waals surface area contributed by atoms with Gasteiger partial charge in [0.15, 0.2) is 0 Å². The first kappa shape index (κ1) is 28.4. The number of nitrogens with zero attached hydrogens (tertiary/aromatic N) is 2. The second-order valence-electron chi connectivity index (χ2n) is 11.6. The number of aliphatic hydroxyl groups is 1. The molecule has 2 heterocycles. The second kappa shape index (κ2) is 12.6. The van der Waals surface area contributed by atoms with Crippen molar-refractivity contribution in [3.8, 4) is 5.75 Å². The molecule has 0 saturated heterocycles. The molecular weight excluding hydrogens is 532 g/mol. The zero-order valence-electron chi connectivity index (χ0n) is 23.0. The van der Waals surface area contributed by atoms with Gasteiger partial charge in [0.1, 0.15) is 5.75 Å². The first-order valence-electron chi connectivity index (χ1n) is 14.4. The van der Waals surface area contributed by atoms with E-state index in [1.807, 2.05) is 25.1 Å². The maximum Gasteiger partial charge on any atom is 0.254 e. The van der Waals surface area contributed by atoms with E-state index in [2.05, 4.69) is 28.3 Å². The quantitative estimate of drug-likeness (QED) is 0.346. The predicted octanol–water partition coefficient (Wildman–Crippen LogP) is 6.94. The summed E-state index contributed by atoms with van der Waals surface area (Å²) < 4.78 is 23.4. The summed E-state index contributed by atoms with van der Waals surface area (Å²) in [7, 11) is -1.63. The molecule has 0 aromatic heterocycles. The molecule has 0 radical (unpaired) electrons. The van der Waals surface area contributed by atoms with Crippen LogP contribution in [0.2, 0.25) is 5.02 Å². The highest BCUT2D eigenvalue weighted by atomic mass is 35.5. The topological polar surface area (TPSA) is 79.2 Å². The number of hydrogen-bond donors (Lipinski definition) is 1. The zero-order chi connectivity index (χ0) is 27.5. The summed E-state index contributed by atoms with van der Waals surface area (Å²) >= 11 is 6.39. The van der Waals surface area contributed by atoms with Crippen molar-refractivity contribution in [1.29, 1.82) is 0 Å². The molecule has 5 unspecified atom stereocenters. The van der Waals surface area contributed by atoms with Crippen LogP contribution < -0.4 is 9.64 Å². The van der Waals surface area contributed by atoms with Crippen LogP contribution in [-0.4, -0.2) is 35.5 Å². The van der Waals surface area contributed by atoms with Crippen molar-refractivity contribution in [2.24, 2.45) is 22.1 Å². The first-order chi connectivity index (χ1) is 18.8. The number of fused-ring (bicyclic) bond motifs is 3. The largest absolute Gasteiger partial charge is 0.491 e. The van der Waals surface area contributed by atoms with Crippen LogP contribution in [0.4, 0.5) is 5.69 Å². The van der Waals surface area contributed by atoms with Crippen LogP contribution in [0.15, 0.2) is 40.8 Å². The Balaban J connectivity index is 1.59. The Morgan fingerprint density at radius 3 is 2.67 bits per heavy atom. The zero-order valence-corrected chi connectivity index (χ0v) is 24.6. The summed E-state index contributed by atoms with van der Waals surface area (Å²) in [6.45, 7) is 5.95. The van der Waals surface area contributed by atoms with Gasteiger partial charge in [-0.1, -0.05) is 55.5 Å². The van der Waals surface area contributed by atoms with Gasteiger partial charge in [-0.05, 0) is 91.8 Å². The summed E-state index contributed by atoms with van der Waals surface area (Å²) in [5.41, 5.74) is 3.71. The lowest BCUT2D eigenvalue weighted by Gasteiger charge is -2.43. The normalized spacial score (nSPS) is 29.1. The molecule has 1 N–H and O–H groups in total. The highest BCUT2D eigenvalue weighted by Crippen LogP contribution is 2.42. The molecule has 5 rings (SSSR count). The average molecular weight is 572 g/mol. The summed E-state index contributed by atoms with van der Waals surface area (Å²) in [6.07, 6.45) is 7.07. The van der Waals surface area contributed by atoms with Gasteiger partial charge in [0.2, 0.25) is 0 Å². The Bertz CT molecular complexity index is 1280. The number of halogens is 1. The van der Waals surface area contributed by atoms with Gasteiger partial charge >= 0.3 is 0 Å². The minimum atomic E-state index is -1.63. The number of rotatable bonds is 0. The van der Waals surface area contributed by atoms with E-state index >= 15 is 0 Å². The Morgan fingerprint density at radius 1 is 1.03 bits per heavy atom. The molecule has 1 fully saturated rings. The molecule has 2 aromatic carbocycles. The lowest BCUT2D eigenvalue weighted by molar-refractivity contribution is 0.00878. The minimum absolute atomic E-state index is 0.143. The van der Waals surface area contributed by atoms with Gasteiger partial charge in [0.05, 0.1) is 18.4 Å². The Labute approximate surface area is 239 Å². The van der Waals surface area contributed by atoms with Gasteiger partial charge < -0.3 is 23.3 Å². The lowest BCUT2D eigenvalue weighted by atomic mass is 9.69. The van der Waals surface area contributed by atoms with Gasteiger partial charge in [-0.3, -0.25) is 4.79 Å². The molecule has 6 nitrogen and oxygen atoms in total. The average Bonchev–Trinajstić information content (AvgIpc) is 2.92. The van der Waals surface area contributed by atoms with Gasteiger partial charge in [-0.15, -0.1) is 0 Å². The summed E-state index contributed by atoms with van der Waals surface area (Å²) in [5, 5.41) is 11.6. The van der Waals surface area contributed by atoms with E-state index in [1.54, 1.807) is 6.07 Å².